The molecule has 1 aromatic heterocycles. The molecule has 1 unspecified atom stereocenters. The second-order valence-corrected chi connectivity index (χ2v) is 5.59. The van der Waals surface area contributed by atoms with Crippen molar-refractivity contribution < 1.29 is 0 Å². The summed E-state index contributed by atoms with van der Waals surface area (Å²) in [6.07, 6.45) is 5.52. The fraction of sp³-hybridized carbons (Fsp3) is 0.909. The summed E-state index contributed by atoms with van der Waals surface area (Å²) in [7, 11) is 1.89. The molecule has 17 heavy (non-hydrogen) atoms. The summed E-state index contributed by atoms with van der Waals surface area (Å²) < 4.78 is 1.74. The Labute approximate surface area is 107 Å². The molecule has 1 aliphatic rings. The van der Waals surface area contributed by atoms with Crippen LogP contribution in [0.1, 0.15) is 32.6 Å². The molecule has 1 saturated carbocycles. The normalized spacial score (nSPS) is 18.7. The van der Waals surface area contributed by atoms with Crippen molar-refractivity contribution in [2.75, 3.05) is 12.3 Å². The molecular weight excluding hydrogens is 234 g/mol. The molecule has 1 aromatic rings. The second kappa shape index (κ2) is 6.35. The van der Waals surface area contributed by atoms with E-state index in [1.165, 1.54) is 25.7 Å². The molecule has 0 spiro atoms. The fourth-order valence-electron chi connectivity index (χ4n) is 2.49. The average molecular weight is 255 g/mol. The van der Waals surface area contributed by atoms with E-state index >= 15 is 0 Å². The van der Waals surface area contributed by atoms with E-state index in [1.54, 1.807) is 16.4 Å². The van der Waals surface area contributed by atoms with Crippen LogP contribution in [-0.2, 0) is 7.05 Å². The number of nitrogens with zero attached hydrogens (tertiary/aromatic N) is 4. The summed E-state index contributed by atoms with van der Waals surface area (Å²) in [5, 5.41) is 16.0. The summed E-state index contributed by atoms with van der Waals surface area (Å²) in [6.45, 7) is 3.22. The summed E-state index contributed by atoms with van der Waals surface area (Å²) in [6, 6.07) is 0.601. The van der Waals surface area contributed by atoms with Gasteiger partial charge >= 0.3 is 0 Å². The van der Waals surface area contributed by atoms with Gasteiger partial charge in [-0.1, -0.05) is 31.5 Å². The van der Waals surface area contributed by atoms with Gasteiger partial charge < -0.3 is 5.32 Å². The Kier molecular flexibility index (Phi) is 4.79. The highest BCUT2D eigenvalue weighted by molar-refractivity contribution is 7.99. The maximum atomic E-state index is 4.01. The number of tetrazole rings is 1. The molecule has 0 aliphatic heterocycles. The zero-order chi connectivity index (χ0) is 12.1. The van der Waals surface area contributed by atoms with Crippen LogP contribution in [0, 0.1) is 5.92 Å². The first-order chi connectivity index (χ1) is 8.31. The molecule has 96 valence electrons. The summed E-state index contributed by atoms with van der Waals surface area (Å²) in [5.74, 6) is 1.90. The number of aryl methyl sites for hydroxylation is 1. The maximum Gasteiger partial charge on any atom is 0.209 e. The number of rotatable bonds is 6. The minimum Gasteiger partial charge on any atom is -0.313 e. The van der Waals surface area contributed by atoms with Crippen LogP contribution in [-0.4, -0.2) is 38.5 Å². The van der Waals surface area contributed by atoms with E-state index in [0.717, 1.165) is 23.4 Å². The Balaban J connectivity index is 1.86. The Morgan fingerprint density at radius 3 is 2.82 bits per heavy atom. The van der Waals surface area contributed by atoms with Crippen LogP contribution >= 0.6 is 11.8 Å². The predicted molar refractivity (Wildman–Crippen MR) is 68.9 cm³/mol. The van der Waals surface area contributed by atoms with Crippen LogP contribution in [0.5, 0.6) is 0 Å². The van der Waals surface area contributed by atoms with Crippen LogP contribution in [0.2, 0.25) is 0 Å². The lowest BCUT2D eigenvalue weighted by atomic mass is 10.00. The SMILES string of the molecule is CCNC(CSc1nnnn1C)C1CCCC1. The average Bonchev–Trinajstić information content (AvgIpc) is 2.96. The van der Waals surface area contributed by atoms with Crippen molar-refractivity contribution in [2.45, 2.75) is 43.8 Å². The third-order valence-corrected chi connectivity index (χ3v) is 4.54. The molecule has 1 aliphatic carbocycles. The topological polar surface area (TPSA) is 55.6 Å². The van der Waals surface area contributed by atoms with E-state index in [0.29, 0.717) is 6.04 Å². The molecule has 2 rings (SSSR count). The standard InChI is InChI=1S/C11H21N5S/c1-3-12-10(9-6-4-5-7-9)8-17-11-13-14-15-16(11)2/h9-10,12H,3-8H2,1-2H3. The highest BCUT2D eigenvalue weighted by atomic mass is 32.2. The molecule has 5 nitrogen and oxygen atoms in total. The lowest BCUT2D eigenvalue weighted by Gasteiger charge is -2.23. The Morgan fingerprint density at radius 2 is 2.24 bits per heavy atom. The zero-order valence-corrected chi connectivity index (χ0v) is 11.4. The van der Waals surface area contributed by atoms with Gasteiger partial charge in [-0.2, -0.15) is 0 Å². The van der Waals surface area contributed by atoms with Gasteiger partial charge in [-0.25, -0.2) is 4.68 Å². The lowest BCUT2D eigenvalue weighted by molar-refractivity contribution is 0.394. The van der Waals surface area contributed by atoms with E-state index < -0.39 is 0 Å². The van der Waals surface area contributed by atoms with Crippen molar-refractivity contribution in [3.05, 3.63) is 0 Å². The highest BCUT2D eigenvalue weighted by Gasteiger charge is 2.24. The third kappa shape index (κ3) is 3.42. The van der Waals surface area contributed by atoms with Crippen molar-refractivity contribution in [3.8, 4) is 0 Å². The van der Waals surface area contributed by atoms with Crippen molar-refractivity contribution in [1.29, 1.82) is 0 Å². The van der Waals surface area contributed by atoms with Gasteiger partial charge in [0.05, 0.1) is 0 Å². The first-order valence-corrected chi connectivity index (χ1v) is 7.38. The first-order valence-electron chi connectivity index (χ1n) is 6.39. The lowest BCUT2D eigenvalue weighted by Crippen LogP contribution is -2.37. The van der Waals surface area contributed by atoms with Gasteiger partial charge in [0.25, 0.3) is 0 Å². The van der Waals surface area contributed by atoms with Gasteiger partial charge in [-0.15, -0.1) is 5.10 Å². The molecule has 0 saturated heterocycles. The van der Waals surface area contributed by atoms with Crippen molar-refractivity contribution in [1.82, 2.24) is 25.5 Å². The van der Waals surface area contributed by atoms with Gasteiger partial charge in [-0.05, 0) is 35.7 Å². The number of hydrogen-bond acceptors (Lipinski definition) is 5. The summed E-state index contributed by atoms with van der Waals surface area (Å²) in [4.78, 5) is 0. The van der Waals surface area contributed by atoms with E-state index in [1.807, 2.05) is 7.05 Å². The molecule has 0 radical (unpaired) electrons. The van der Waals surface area contributed by atoms with Crippen molar-refractivity contribution in [2.24, 2.45) is 13.0 Å². The highest BCUT2D eigenvalue weighted by Crippen LogP contribution is 2.30. The monoisotopic (exact) mass is 255 g/mol. The predicted octanol–water partition coefficient (Wildman–Crippen LogP) is 1.47. The summed E-state index contributed by atoms with van der Waals surface area (Å²) >= 11 is 1.75. The van der Waals surface area contributed by atoms with Gasteiger partial charge in [0.15, 0.2) is 0 Å². The Hall–Kier alpha value is -0.620. The zero-order valence-electron chi connectivity index (χ0n) is 10.6. The Morgan fingerprint density at radius 1 is 1.47 bits per heavy atom. The van der Waals surface area contributed by atoms with Gasteiger partial charge in [0.1, 0.15) is 0 Å². The van der Waals surface area contributed by atoms with Gasteiger partial charge in [0, 0.05) is 18.8 Å². The second-order valence-electron chi connectivity index (χ2n) is 4.60. The van der Waals surface area contributed by atoms with Crippen LogP contribution in [0.15, 0.2) is 5.16 Å². The number of hydrogen-bond donors (Lipinski definition) is 1. The molecule has 1 fully saturated rings. The fourth-order valence-corrected chi connectivity index (χ4v) is 3.53. The minimum absolute atomic E-state index is 0.601. The number of nitrogens with one attached hydrogen (secondary N) is 1. The molecular formula is C11H21N5S. The summed E-state index contributed by atoms with van der Waals surface area (Å²) in [5.41, 5.74) is 0. The number of thioether (sulfide) groups is 1. The van der Waals surface area contributed by atoms with E-state index in [-0.39, 0.29) is 0 Å². The maximum absolute atomic E-state index is 4.01. The first kappa shape index (κ1) is 12.8. The minimum atomic E-state index is 0.601. The van der Waals surface area contributed by atoms with Gasteiger partial charge in [0.2, 0.25) is 5.16 Å². The molecule has 0 amide bonds. The van der Waals surface area contributed by atoms with Crippen LogP contribution in [0.4, 0.5) is 0 Å². The molecule has 1 atom stereocenters. The van der Waals surface area contributed by atoms with Crippen LogP contribution in [0.3, 0.4) is 0 Å². The van der Waals surface area contributed by atoms with Crippen molar-refractivity contribution >= 4 is 11.8 Å². The number of aromatic nitrogens is 4. The smallest absolute Gasteiger partial charge is 0.209 e. The van der Waals surface area contributed by atoms with Crippen molar-refractivity contribution in [3.63, 3.8) is 0 Å². The Bertz CT molecular complexity index is 334. The van der Waals surface area contributed by atoms with E-state index in [2.05, 4.69) is 27.8 Å². The van der Waals surface area contributed by atoms with Crippen LogP contribution in [0.25, 0.3) is 0 Å². The van der Waals surface area contributed by atoms with E-state index in [4.69, 9.17) is 0 Å². The molecule has 0 aromatic carbocycles. The largest absolute Gasteiger partial charge is 0.313 e. The van der Waals surface area contributed by atoms with Crippen LogP contribution < -0.4 is 5.32 Å². The quantitative estimate of drug-likeness (QED) is 0.780. The molecule has 1 heterocycles. The van der Waals surface area contributed by atoms with Gasteiger partial charge in [-0.3, -0.25) is 0 Å². The molecule has 6 heteroatoms. The molecule has 0 bridgehead atoms. The molecule has 1 N–H and O–H groups in total. The third-order valence-electron chi connectivity index (χ3n) is 3.41. The van der Waals surface area contributed by atoms with E-state index in [9.17, 15) is 0 Å².